The number of hydrogen-bond donors (Lipinski definition) is 1. The number of hydrogen-bond acceptors (Lipinski definition) is 7. The Hall–Kier alpha value is -4.53. The third kappa shape index (κ3) is 5.83. The lowest BCUT2D eigenvalue weighted by molar-refractivity contribution is 0.0921. The number of anilines is 2. The van der Waals surface area contributed by atoms with Gasteiger partial charge < -0.3 is 24.3 Å². The van der Waals surface area contributed by atoms with Crippen molar-refractivity contribution in [2.75, 3.05) is 43.1 Å². The lowest BCUT2D eigenvalue weighted by Gasteiger charge is -2.36. The van der Waals surface area contributed by atoms with Crippen LogP contribution < -0.4 is 25.4 Å². The fourth-order valence-electron chi connectivity index (χ4n) is 4.34. The number of amides is 1. The molecule has 5 rings (SSSR count). The number of nitrogens with one attached hydrogen (secondary N) is 1. The fourth-order valence-corrected chi connectivity index (χ4v) is 4.34. The average Bonchev–Trinajstić information content (AvgIpc) is 3.42. The van der Waals surface area contributed by atoms with Crippen molar-refractivity contribution >= 4 is 17.4 Å². The van der Waals surface area contributed by atoms with E-state index in [1.807, 2.05) is 42.5 Å². The number of benzene rings is 2. The molecular weight excluding hydrogens is 470 g/mol. The van der Waals surface area contributed by atoms with E-state index in [1.54, 1.807) is 25.3 Å². The molecule has 2 aromatic carbocycles. The summed E-state index contributed by atoms with van der Waals surface area (Å²) in [5.41, 5.74) is 1.89. The molecule has 1 amide bonds. The number of ether oxygens (including phenoxy) is 1. The molecule has 190 valence electrons. The number of methoxy groups -OCH3 is 1. The molecule has 0 spiro atoms. The van der Waals surface area contributed by atoms with Crippen molar-refractivity contribution < 1.29 is 13.9 Å². The van der Waals surface area contributed by atoms with Crippen molar-refractivity contribution in [1.82, 2.24) is 15.1 Å². The van der Waals surface area contributed by atoms with Crippen molar-refractivity contribution in [3.8, 4) is 5.75 Å². The minimum atomic E-state index is -0.334. The van der Waals surface area contributed by atoms with Gasteiger partial charge in [0, 0.05) is 44.5 Å². The lowest BCUT2D eigenvalue weighted by Crippen LogP contribution is -2.47. The van der Waals surface area contributed by atoms with E-state index < -0.39 is 0 Å². The molecule has 3 heterocycles. The van der Waals surface area contributed by atoms with E-state index in [1.165, 1.54) is 16.4 Å². The zero-order valence-electron chi connectivity index (χ0n) is 20.7. The van der Waals surface area contributed by atoms with E-state index in [2.05, 4.69) is 32.3 Å². The molecule has 1 fully saturated rings. The van der Waals surface area contributed by atoms with Crippen molar-refractivity contribution in [2.24, 2.45) is 0 Å². The van der Waals surface area contributed by atoms with Crippen LogP contribution in [-0.2, 0) is 13.1 Å². The molecule has 1 aliphatic heterocycles. The Morgan fingerprint density at radius 1 is 0.946 bits per heavy atom. The highest BCUT2D eigenvalue weighted by Gasteiger charge is 2.19. The average molecular weight is 500 g/mol. The first-order valence-electron chi connectivity index (χ1n) is 12.2. The summed E-state index contributed by atoms with van der Waals surface area (Å²) in [6.45, 7) is 3.83. The Morgan fingerprint density at radius 2 is 1.73 bits per heavy atom. The van der Waals surface area contributed by atoms with E-state index in [0.717, 1.165) is 43.3 Å². The molecule has 4 aromatic rings. The van der Waals surface area contributed by atoms with Gasteiger partial charge in [-0.05, 0) is 48.0 Å². The quantitative estimate of drug-likeness (QED) is 0.398. The van der Waals surface area contributed by atoms with Crippen molar-refractivity contribution in [2.45, 2.75) is 13.1 Å². The maximum atomic E-state index is 12.6. The predicted octanol–water partition coefficient (Wildman–Crippen LogP) is 3.15. The fraction of sp³-hybridized carbons (Fsp3) is 0.250. The largest absolute Gasteiger partial charge is 0.497 e. The highest BCUT2D eigenvalue weighted by Crippen LogP contribution is 2.19. The number of piperazine rings is 1. The van der Waals surface area contributed by atoms with Gasteiger partial charge in [0.05, 0.1) is 7.11 Å². The molecule has 1 aliphatic rings. The monoisotopic (exact) mass is 499 g/mol. The van der Waals surface area contributed by atoms with Gasteiger partial charge in [-0.1, -0.05) is 30.3 Å². The highest BCUT2D eigenvalue weighted by atomic mass is 16.5. The number of rotatable bonds is 8. The summed E-state index contributed by atoms with van der Waals surface area (Å²) in [5.74, 6) is 1.80. The molecule has 1 N–H and O–H groups in total. The third-order valence-electron chi connectivity index (χ3n) is 6.36. The molecule has 1 saturated heterocycles. The molecular formula is C28H29N5O4. The second-order valence-electron chi connectivity index (χ2n) is 8.80. The standard InChI is InChI=1S/C28H29N5O4/c1-36-23-9-5-6-21(18-23)19-29-28(35)25-11-10-24(37-25)20-33-27(34)13-12-26(30-33)32-16-14-31(15-17-32)22-7-3-2-4-8-22/h2-13,18H,14-17,19-20H2,1H3,(H,29,35). The van der Waals surface area contributed by atoms with Crippen molar-refractivity contribution in [3.63, 3.8) is 0 Å². The van der Waals surface area contributed by atoms with Gasteiger partial charge in [0.1, 0.15) is 23.9 Å². The highest BCUT2D eigenvalue weighted by molar-refractivity contribution is 5.91. The number of para-hydroxylation sites is 1. The molecule has 0 radical (unpaired) electrons. The summed E-state index contributed by atoms with van der Waals surface area (Å²) < 4.78 is 12.3. The lowest BCUT2D eigenvalue weighted by atomic mass is 10.2. The van der Waals surface area contributed by atoms with E-state index in [4.69, 9.17) is 9.15 Å². The van der Waals surface area contributed by atoms with Gasteiger partial charge in [-0.15, -0.1) is 0 Å². The van der Waals surface area contributed by atoms with Gasteiger partial charge in [-0.25, -0.2) is 4.68 Å². The number of carbonyl (C=O) groups excluding carboxylic acids is 1. The molecule has 0 saturated carbocycles. The summed E-state index contributed by atoms with van der Waals surface area (Å²) >= 11 is 0. The van der Waals surface area contributed by atoms with Crippen molar-refractivity contribution in [1.29, 1.82) is 0 Å². The summed E-state index contributed by atoms with van der Waals surface area (Å²) in [6.07, 6.45) is 0. The minimum absolute atomic E-state index is 0.139. The van der Waals surface area contributed by atoms with E-state index >= 15 is 0 Å². The maximum Gasteiger partial charge on any atom is 0.287 e. The van der Waals surface area contributed by atoms with Gasteiger partial charge in [-0.2, -0.15) is 5.10 Å². The van der Waals surface area contributed by atoms with Gasteiger partial charge in [0.2, 0.25) is 0 Å². The van der Waals surface area contributed by atoms with Crippen LogP contribution in [0, 0.1) is 0 Å². The first-order valence-corrected chi connectivity index (χ1v) is 12.2. The predicted molar refractivity (Wildman–Crippen MR) is 141 cm³/mol. The molecule has 0 aliphatic carbocycles. The molecule has 0 atom stereocenters. The third-order valence-corrected chi connectivity index (χ3v) is 6.36. The SMILES string of the molecule is COc1cccc(CNC(=O)c2ccc(Cn3nc(N4CCN(c5ccccc5)CC4)ccc3=O)o2)c1. The molecule has 9 heteroatoms. The number of nitrogens with zero attached hydrogens (tertiary/aromatic N) is 4. The zero-order valence-corrected chi connectivity index (χ0v) is 20.7. The van der Waals surface area contributed by atoms with Crippen LogP contribution in [0.2, 0.25) is 0 Å². The maximum absolute atomic E-state index is 12.6. The Kier molecular flexibility index (Phi) is 7.21. The van der Waals surface area contributed by atoms with E-state index in [-0.39, 0.29) is 23.8 Å². The zero-order chi connectivity index (χ0) is 25.6. The minimum Gasteiger partial charge on any atom is -0.497 e. The van der Waals surface area contributed by atoms with Crippen LogP contribution in [0.25, 0.3) is 0 Å². The second kappa shape index (κ2) is 11.0. The molecule has 37 heavy (non-hydrogen) atoms. The Labute approximate surface area is 214 Å². The molecule has 0 unspecified atom stereocenters. The molecule has 0 bridgehead atoms. The summed E-state index contributed by atoms with van der Waals surface area (Å²) in [6, 6.07) is 24.4. The van der Waals surface area contributed by atoms with Gasteiger partial charge in [0.25, 0.3) is 11.5 Å². The molecule has 2 aromatic heterocycles. The summed E-state index contributed by atoms with van der Waals surface area (Å²) in [5, 5.41) is 7.41. The number of aromatic nitrogens is 2. The summed E-state index contributed by atoms with van der Waals surface area (Å²) in [7, 11) is 1.60. The summed E-state index contributed by atoms with van der Waals surface area (Å²) in [4.78, 5) is 29.6. The Bertz CT molecular complexity index is 1410. The normalized spacial score (nSPS) is 13.4. The Balaban J connectivity index is 1.20. The van der Waals surface area contributed by atoms with Gasteiger partial charge >= 0.3 is 0 Å². The second-order valence-corrected chi connectivity index (χ2v) is 8.80. The topological polar surface area (TPSA) is 92.8 Å². The molecule has 9 nitrogen and oxygen atoms in total. The van der Waals surface area contributed by atoms with Crippen molar-refractivity contribution in [3.05, 3.63) is 106 Å². The number of furan rings is 1. The van der Waals surface area contributed by atoms with Crippen LogP contribution >= 0.6 is 0 Å². The van der Waals surface area contributed by atoms with Crippen LogP contribution in [0.15, 0.2) is 88.1 Å². The first-order chi connectivity index (χ1) is 18.1. The smallest absolute Gasteiger partial charge is 0.287 e. The van der Waals surface area contributed by atoms with Crippen LogP contribution in [0.4, 0.5) is 11.5 Å². The van der Waals surface area contributed by atoms with Crippen LogP contribution in [0.5, 0.6) is 5.75 Å². The van der Waals surface area contributed by atoms with Crippen LogP contribution in [0.3, 0.4) is 0 Å². The number of carbonyl (C=O) groups is 1. The van der Waals surface area contributed by atoms with Gasteiger partial charge in [0.15, 0.2) is 5.76 Å². The van der Waals surface area contributed by atoms with Crippen LogP contribution in [0.1, 0.15) is 21.9 Å². The first kappa shape index (κ1) is 24.2. The Morgan fingerprint density at radius 3 is 2.51 bits per heavy atom. The van der Waals surface area contributed by atoms with E-state index in [0.29, 0.717) is 12.3 Å². The van der Waals surface area contributed by atoms with Crippen LogP contribution in [-0.4, -0.2) is 49.0 Å². The van der Waals surface area contributed by atoms with E-state index in [9.17, 15) is 9.59 Å². The van der Waals surface area contributed by atoms with Gasteiger partial charge in [-0.3, -0.25) is 9.59 Å².